The van der Waals surface area contributed by atoms with Crippen molar-refractivity contribution in [1.29, 1.82) is 0 Å². The highest BCUT2D eigenvalue weighted by atomic mass is 16.3. The van der Waals surface area contributed by atoms with Crippen LogP contribution >= 0.6 is 0 Å². The predicted octanol–water partition coefficient (Wildman–Crippen LogP) is 0.478. The first-order valence-electron chi connectivity index (χ1n) is 15.0. The molecule has 6 atom stereocenters. The van der Waals surface area contributed by atoms with Gasteiger partial charge in [-0.1, -0.05) is 18.2 Å². The average molecular weight is 621 g/mol. The summed E-state index contributed by atoms with van der Waals surface area (Å²) in [5.74, 6) is -8.17. The largest absolute Gasteiger partial charge is 0.507 e. The van der Waals surface area contributed by atoms with Crippen LogP contribution in [0.1, 0.15) is 34.3 Å². The van der Waals surface area contributed by atoms with Gasteiger partial charge in [0.1, 0.15) is 17.4 Å². The Hall–Kier alpha value is -4.10. The van der Waals surface area contributed by atoms with Crippen molar-refractivity contribution in [2.75, 3.05) is 41.3 Å². The molecular weight excluding hydrogens is 580 g/mol. The summed E-state index contributed by atoms with van der Waals surface area (Å²) in [4.78, 5) is 56.3. The van der Waals surface area contributed by atoms with E-state index in [9.17, 15) is 39.6 Å². The third-order valence-corrected chi connectivity index (χ3v) is 9.48. The summed E-state index contributed by atoms with van der Waals surface area (Å²) in [7, 11) is 7.13. The lowest BCUT2D eigenvalue weighted by molar-refractivity contribution is -0.184. The number of rotatable bonds is 8. The summed E-state index contributed by atoms with van der Waals surface area (Å²) in [6, 6.07) is 9.03. The van der Waals surface area contributed by atoms with Gasteiger partial charge in [0.15, 0.2) is 11.4 Å². The standard InChI is InChI=1S/C33H40N4O8/c1-36(2)12-6-11-35-32(44)17-8-5-7-16(13-17)19-9-10-22(38)24-20(19)14-18-15-21-26(37(3)4)28(40)25(31(34)43)30(42)33(21,45)29(41)23(18)27(24)39/h5,7-10,13,18,21,25-26,28,38-40,45H,6,11-12,14-15H2,1-4H3,(H2,34,43)(H,35,44)/t18-,21-,25?,26+,28?,33-/m0/s1. The molecule has 0 aliphatic heterocycles. The molecular formula is C33H40N4O8. The van der Waals surface area contributed by atoms with Crippen LogP contribution in [0.15, 0.2) is 42.0 Å². The Labute approximate surface area is 261 Å². The second-order valence-corrected chi connectivity index (χ2v) is 12.8. The van der Waals surface area contributed by atoms with E-state index >= 15 is 0 Å². The number of Topliss-reactive ketones (excluding diaryl/α,β-unsaturated/α-hetero) is 2. The fraction of sp³-hybridized carbons (Fsp3) is 0.455. The van der Waals surface area contributed by atoms with Gasteiger partial charge in [-0.2, -0.15) is 0 Å². The first-order chi connectivity index (χ1) is 21.2. The van der Waals surface area contributed by atoms with E-state index in [0.717, 1.165) is 13.0 Å². The number of phenols is 1. The molecule has 12 nitrogen and oxygen atoms in total. The molecule has 0 saturated heterocycles. The topological polar surface area (TPSA) is 194 Å². The van der Waals surface area contributed by atoms with Gasteiger partial charge in [0, 0.05) is 29.6 Å². The number of benzene rings is 2. The van der Waals surface area contributed by atoms with Gasteiger partial charge in [-0.3, -0.25) is 19.2 Å². The van der Waals surface area contributed by atoms with Crippen molar-refractivity contribution in [2.24, 2.45) is 23.5 Å². The van der Waals surface area contributed by atoms with Crippen molar-refractivity contribution in [3.05, 3.63) is 58.7 Å². The van der Waals surface area contributed by atoms with E-state index in [0.29, 0.717) is 28.8 Å². The van der Waals surface area contributed by atoms with Crippen molar-refractivity contribution in [3.63, 3.8) is 0 Å². The minimum Gasteiger partial charge on any atom is -0.507 e. The number of hydrogen-bond acceptors (Lipinski definition) is 10. The van der Waals surface area contributed by atoms with Crippen LogP contribution in [0.2, 0.25) is 0 Å². The van der Waals surface area contributed by atoms with E-state index in [2.05, 4.69) is 5.32 Å². The van der Waals surface area contributed by atoms with E-state index < -0.39 is 58.7 Å². The van der Waals surface area contributed by atoms with Crippen LogP contribution in [0, 0.1) is 17.8 Å². The number of fused-ring (bicyclic) bond motifs is 3. The third kappa shape index (κ3) is 5.31. The molecule has 0 bridgehead atoms. The van der Waals surface area contributed by atoms with E-state index in [4.69, 9.17) is 5.73 Å². The lowest BCUT2D eigenvalue weighted by atomic mass is 9.54. The SMILES string of the molecule is CN(C)CCCNC(=O)c1cccc(-c2ccc(O)c3c2C[C@H]2C[C@H]4[C@@H](N(C)C)C(O)C(C(N)=O)C(=O)[C@@]4(O)C(=O)C2=C3O)c1. The molecule has 0 heterocycles. The number of nitrogens with zero attached hydrogens (tertiary/aromatic N) is 2. The molecule has 12 heteroatoms. The highest BCUT2D eigenvalue weighted by Gasteiger charge is 2.67. The molecule has 2 saturated carbocycles. The average Bonchev–Trinajstić information content (AvgIpc) is 2.96. The number of hydrogen-bond donors (Lipinski definition) is 6. The highest BCUT2D eigenvalue weighted by Crippen LogP contribution is 2.53. The number of aliphatic hydroxyl groups is 3. The summed E-state index contributed by atoms with van der Waals surface area (Å²) < 4.78 is 0. The Bertz CT molecular complexity index is 1600. The maximum atomic E-state index is 14.1. The number of carbonyl (C=O) groups is 4. The molecule has 3 aliphatic carbocycles. The van der Waals surface area contributed by atoms with E-state index in [-0.39, 0.29) is 35.6 Å². The summed E-state index contributed by atoms with van der Waals surface area (Å²) in [5, 5.41) is 48.2. The monoisotopic (exact) mass is 620 g/mol. The number of nitrogens with two attached hydrogens (primary N) is 1. The van der Waals surface area contributed by atoms with E-state index in [1.165, 1.54) is 6.07 Å². The highest BCUT2D eigenvalue weighted by molar-refractivity contribution is 6.25. The number of carbonyl (C=O) groups excluding carboxylic acids is 4. The molecule has 240 valence electrons. The van der Waals surface area contributed by atoms with Crippen molar-refractivity contribution < 1.29 is 39.6 Å². The first-order valence-corrected chi connectivity index (χ1v) is 15.0. The minimum atomic E-state index is -2.72. The molecule has 2 amide bonds. The van der Waals surface area contributed by atoms with Gasteiger partial charge in [-0.05, 0) is 94.8 Å². The summed E-state index contributed by atoms with van der Waals surface area (Å²) in [6.45, 7) is 1.33. The van der Waals surface area contributed by atoms with E-state index in [1.807, 2.05) is 19.0 Å². The van der Waals surface area contributed by atoms with Crippen LogP contribution in [-0.4, -0.2) is 113 Å². The van der Waals surface area contributed by atoms with Crippen LogP contribution < -0.4 is 11.1 Å². The third-order valence-electron chi connectivity index (χ3n) is 9.48. The number of primary amides is 1. The lowest BCUT2D eigenvalue weighted by Crippen LogP contribution is -2.73. The normalized spacial score (nSPS) is 27.7. The van der Waals surface area contributed by atoms with Gasteiger partial charge in [0.2, 0.25) is 11.7 Å². The zero-order chi connectivity index (χ0) is 33.0. The Balaban J connectivity index is 1.56. The molecule has 2 aromatic rings. The molecule has 3 aliphatic rings. The quantitative estimate of drug-likeness (QED) is 0.179. The minimum absolute atomic E-state index is 0.00778. The lowest BCUT2D eigenvalue weighted by Gasteiger charge is -2.53. The number of phenolic OH excluding ortho intramolecular Hbond substituents is 1. The van der Waals surface area contributed by atoms with Crippen molar-refractivity contribution in [1.82, 2.24) is 15.1 Å². The van der Waals surface area contributed by atoms with Crippen LogP contribution in [0.4, 0.5) is 0 Å². The maximum absolute atomic E-state index is 14.1. The van der Waals surface area contributed by atoms with Gasteiger partial charge < -0.3 is 41.3 Å². The molecule has 0 spiro atoms. The van der Waals surface area contributed by atoms with Crippen molar-refractivity contribution in [3.8, 4) is 16.9 Å². The maximum Gasteiger partial charge on any atom is 0.251 e. The number of nitrogens with one attached hydrogen (secondary N) is 1. The van der Waals surface area contributed by atoms with Crippen LogP contribution in [-0.2, 0) is 20.8 Å². The Kier molecular flexibility index (Phi) is 8.62. The summed E-state index contributed by atoms with van der Waals surface area (Å²) >= 11 is 0. The fourth-order valence-corrected chi connectivity index (χ4v) is 7.40. The number of likely N-dealkylation sites (N-methyl/N-ethyl adjacent to an activating group) is 1. The number of amides is 2. The smallest absolute Gasteiger partial charge is 0.251 e. The second-order valence-electron chi connectivity index (χ2n) is 12.8. The second kappa shape index (κ2) is 12.0. The molecule has 2 fully saturated rings. The fourth-order valence-electron chi connectivity index (χ4n) is 7.40. The number of aromatic hydroxyl groups is 1. The van der Waals surface area contributed by atoms with Crippen LogP contribution in [0.5, 0.6) is 5.75 Å². The Morgan fingerprint density at radius 2 is 1.80 bits per heavy atom. The van der Waals surface area contributed by atoms with Crippen LogP contribution in [0.25, 0.3) is 16.9 Å². The van der Waals surface area contributed by atoms with Crippen molar-refractivity contribution >= 4 is 29.1 Å². The summed E-state index contributed by atoms with van der Waals surface area (Å²) in [5.41, 5.74) is 4.74. The van der Waals surface area contributed by atoms with Crippen LogP contribution in [0.3, 0.4) is 0 Å². The Morgan fingerprint density at radius 3 is 2.44 bits per heavy atom. The van der Waals surface area contributed by atoms with Gasteiger partial charge in [0.25, 0.3) is 5.91 Å². The predicted molar refractivity (Wildman–Crippen MR) is 165 cm³/mol. The summed E-state index contributed by atoms with van der Waals surface area (Å²) in [6.07, 6.45) is -0.604. The number of aliphatic hydroxyl groups excluding tert-OH is 2. The number of ketones is 2. The first kappa shape index (κ1) is 32.3. The molecule has 2 aromatic carbocycles. The van der Waals surface area contributed by atoms with Gasteiger partial charge in [0.05, 0.1) is 11.7 Å². The van der Waals surface area contributed by atoms with E-state index in [1.54, 1.807) is 49.3 Å². The van der Waals surface area contributed by atoms with Gasteiger partial charge in [-0.15, -0.1) is 0 Å². The molecule has 2 unspecified atom stereocenters. The molecule has 5 rings (SSSR count). The molecule has 45 heavy (non-hydrogen) atoms. The van der Waals surface area contributed by atoms with Gasteiger partial charge >= 0.3 is 0 Å². The zero-order valence-corrected chi connectivity index (χ0v) is 25.8. The molecule has 0 radical (unpaired) electrons. The Morgan fingerprint density at radius 1 is 1.09 bits per heavy atom. The molecule has 0 aromatic heterocycles. The van der Waals surface area contributed by atoms with Crippen molar-refractivity contribution in [2.45, 2.75) is 37.0 Å². The zero-order valence-electron chi connectivity index (χ0n) is 25.8. The van der Waals surface area contributed by atoms with Gasteiger partial charge in [-0.25, -0.2) is 0 Å². The molecule has 7 N–H and O–H groups in total.